The molecule has 0 spiro atoms. The van der Waals surface area contributed by atoms with Crippen LogP contribution in [0.25, 0.3) is 0 Å². The van der Waals surface area contributed by atoms with Crippen molar-refractivity contribution in [2.24, 2.45) is 0 Å². The van der Waals surface area contributed by atoms with Crippen LogP contribution in [0.2, 0.25) is 0 Å². The summed E-state index contributed by atoms with van der Waals surface area (Å²) in [6.07, 6.45) is 12.4. The highest BCUT2D eigenvalue weighted by Gasteiger charge is 1.98. The first-order valence-corrected chi connectivity index (χ1v) is 7.78. The van der Waals surface area contributed by atoms with Crippen LogP contribution in [0.15, 0.2) is 24.3 Å². The quantitative estimate of drug-likeness (QED) is 0.307. The van der Waals surface area contributed by atoms with Gasteiger partial charge in [-0.1, -0.05) is 43.4 Å². The van der Waals surface area contributed by atoms with Crippen molar-refractivity contribution in [1.82, 2.24) is 0 Å². The largest absolute Gasteiger partial charge is 0.466 e. The van der Waals surface area contributed by atoms with E-state index in [0.29, 0.717) is 13.0 Å². The SMILES string of the molecule is CCCC(O)CCC=CC=CC#CC#CCCCOC(C)=O. The van der Waals surface area contributed by atoms with Gasteiger partial charge in [-0.2, -0.15) is 0 Å². The summed E-state index contributed by atoms with van der Waals surface area (Å²) in [5, 5.41) is 9.54. The summed E-state index contributed by atoms with van der Waals surface area (Å²) in [7, 11) is 0. The highest BCUT2D eigenvalue weighted by Crippen LogP contribution is 2.04. The van der Waals surface area contributed by atoms with Gasteiger partial charge in [0.25, 0.3) is 0 Å². The molecule has 0 aromatic carbocycles. The molecular weight excluding hydrogens is 276 g/mol. The van der Waals surface area contributed by atoms with Crippen molar-refractivity contribution >= 4 is 5.97 Å². The lowest BCUT2D eigenvalue weighted by molar-refractivity contribution is -0.141. The third-order valence-corrected chi connectivity index (χ3v) is 2.69. The van der Waals surface area contributed by atoms with Crippen LogP contribution in [0.5, 0.6) is 0 Å². The maximum absolute atomic E-state index is 10.5. The number of esters is 1. The zero-order valence-corrected chi connectivity index (χ0v) is 13.6. The lowest BCUT2D eigenvalue weighted by Gasteiger charge is -2.05. The predicted octanol–water partition coefficient (Wildman–Crippen LogP) is 3.39. The molecule has 1 atom stereocenters. The van der Waals surface area contributed by atoms with E-state index in [1.165, 1.54) is 6.92 Å². The van der Waals surface area contributed by atoms with Gasteiger partial charge in [0, 0.05) is 13.3 Å². The highest BCUT2D eigenvalue weighted by atomic mass is 16.5. The molecule has 0 aliphatic heterocycles. The summed E-state index contributed by atoms with van der Waals surface area (Å²) >= 11 is 0. The second-order valence-electron chi connectivity index (χ2n) is 4.82. The number of ether oxygens (including phenoxy) is 1. The average Bonchev–Trinajstić information content (AvgIpc) is 2.47. The molecule has 0 heterocycles. The maximum atomic E-state index is 10.5. The number of aliphatic hydroxyl groups excluding tert-OH is 1. The van der Waals surface area contributed by atoms with Gasteiger partial charge in [-0.05, 0) is 43.6 Å². The minimum atomic E-state index is -0.259. The number of hydrogen-bond acceptors (Lipinski definition) is 3. The molecular formula is C19H26O3. The number of carbonyl (C=O) groups excluding carboxylic acids is 1. The summed E-state index contributed by atoms with van der Waals surface area (Å²) < 4.78 is 4.78. The van der Waals surface area contributed by atoms with E-state index < -0.39 is 0 Å². The molecule has 120 valence electrons. The fourth-order valence-electron chi connectivity index (χ4n) is 1.61. The Bertz CT molecular complexity index is 466. The summed E-state index contributed by atoms with van der Waals surface area (Å²) in [4.78, 5) is 10.5. The summed E-state index contributed by atoms with van der Waals surface area (Å²) in [6.45, 7) is 3.88. The minimum Gasteiger partial charge on any atom is -0.466 e. The minimum absolute atomic E-state index is 0.186. The summed E-state index contributed by atoms with van der Waals surface area (Å²) in [6, 6.07) is 0. The van der Waals surface area contributed by atoms with Crippen molar-refractivity contribution in [1.29, 1.82) is 0 Å². The van der Waals surface area contributed by atoms with Gasteiger partial charge in [0.05, 0.1) is 12.7 Å². The van der Waals surface area contributed by atoms with Gasteiger partial charge in [0.15, 0.2) is 0 Å². The number of aliphatic hydroxyl groups is 1. The Balaban J connectivity index is 3.67. The summed E-state index contributed by atoms with van der Waals surface area (Å²) in [5.41, 5.74) is 0. The fraction of sp³-hybridized carbons (Fsp3) is 0.526. The van der Waals surface area contributed by atoms with E-state index in [-0.39, 0.29) is 12.1 Å². The van der Waals surface area contributed by atoms with Crippen LogP contribution >= 0.6 is 0 Å². The zero-order chi connectivity index (χ0) is 16.5. The molecule has 0 saturated carbocycles. The van der Waals surface area contributed by atoms with Crippen LogP contribution in [-0.4, -0.2) is 23.8 Å². The van der Waals surface area contributed by atoms with Crippen LogP contribution in [0.1, 0.15) is 52.4 Å². The normalized spacial score (nSPS) is 11.6. The van der Waals surface area contributed by atoms with Gasteiger partial charge in [-0.3, -0.25) is 4.79 Å². The molecule has 3 heteroatoms. The average molecular weight is 302 g/mol. The molecule has 0 amide bonds. The first-order valence-electron chi connectivity index (χ1n) is 7.78. The Morgan fingerprint density at radius 1 is 1.27 bits per heavy atom. The van der Waals surface area contributed by atoms with Gasteiger partial charge < -0.3 is 9.84 Å². The molecule has 0 aliphatic carbocycles. The van der Waals surface area contributed by atoms with Crippen molar-refractivity contribution in [3.8, 4) is 23.7 Å². The van der Waals surface area contributed by atoms with E-state index in [9.17, 15) is 9.90 Å². The molecule has 1 N–H and O–H groups in total. The lowest BCUT2D eigenvalue weighted by Crippen LogP contribution is -2.04. The Morgan fingerprint density at radius 3 is 2.82 bits per heavy atom. The van der Waals surface area contributed by atoms with E-state index in [0.717, 1.165) is 32.1 Å². The van der Waals surface area contributed by atoms with E-state index in [4.69, 9.17) is 4.74 Å². The van der Waals surface area contributed by atoms with Crippen molar-refractivity contribution in [3.05, 3.63) is 24.3 Å². The highest BCUT2D eigenvalue weighted by molar-refractivity contribution is 5.65. The second kappa shape index (κ2) is 15.4. The third-order valence-electron chi connectivity index (χ3n) is 2.69. The number of rotatable bonds is 9. The zero-order valence-electron chi connectivity index (χ0n) is 13.6. The smallest absolute Gasteiger partial charge is 0.302 e. The van der Waals surface area contributed by atoms with Crippen LogP contribution in [0.3, 0.4) is 0 Å². The fourth-order valence-corrected chi connectivity index (χ4v) is 1.61. The maximum Gasteiger partial charge on any atom is 0.302 e. The third kappa shape index (κ3) is 16.1. The molecule has 0 rings (SSSR count). The molecule has 0 bridgehead atoms. The van der Waals surface area contributed by atoms with Crippen LogP contribution in [0.4, 0.5) is 0 Å². The molecule has 0 aliphatic rings. The first kappa shape index (κ1) is 20.0. The van der Waals surface area contributed by atoms with E-state index in [1.54, 1.807) is 6.08 Å². The predicted molar refractivity (Wildman–Crippen MR) is 89.8 cm³/mol. The molecule has 0 fully saturated rings. The van der Waals surface area contributed by atoms with Gasteiger partial charge in [0.2, 0.25) is 0 Å². The molecule has 0 aromatic heterocycles. The van der Waals surface area contributed by atoms with Crippen molar-refractivity contribution in [2.75, 3.05) is 6.61 Å². The monoisotopic (exact) mass is 302 g/mol. The van der Waals surface area contributed by atoms with Gasteiger partial charge in [-0.25, -0.2) is 0 Å². The van der Waals surface area contributed by atoms with Crippen LogP contribution in [-0.2, 0) is 9.53 Å². The molecule has 0 aromatic rings. The van der Waals surface area contributed by atoms with E-state index >= 15 is 0 Å². The number of unbranched alkanes of at least 4 members (excludes halogenated alkanes) is 1. The summed E-state index contributed by atoms with van der Waals surface area (Å²) in [5.74, 6) is 10.9. The Kier molecular flexibility index (Phi) is 14.0. The Labute approximate surface area is 134 Å². The van der Waals surface area contributed by atoms with E-state index in [1.807, 2.05) is 18.2 Å². The van der Waals surface area contributed by atoms with Crippen molar-refractivity contribution in [3.63, 3.8) is 0 Å². The Morgan fingerprint density at radius 2 is 2.09 bits per heavy atom. The van der Waals surface area contributed by atoms with Crippen LogP contribution < -0.4 is 0 Å². The van der Waals surface area contributed by atoms with E-state index in [2.05, 4.69) is 30.6 Å². The van der Waals surface area contributed by atoms with Crippen molar-refractivity contribution < 1.29 is 14.6 Å². The topological polar surface area (TPSA) is 46.5 Å². The molecule has 0 radical (unpaired) electrons. The van der Waals surface area contributed by atoms with Crippen molar-refractivity contribution in [2.45, 2.75) is 58.5 Å². The second-order valence-corrected chi connectivity index (χ2v) is 4.82. The first-order chi connectivity index (χ1) is 10.7. The number of carbonyl (C=O) groups is 1. The standard InChI is InChI=1S/C19H26O3/c1-3-15-19(21)16-13-11-9-7-5-4-6-8-10-12-14-17-22-18(2)20/h5,7,9,11,19,21H,3,12-17H2,1-2H3. The Hall–Kier alpha value is -1.97. The molecule has 1 unspecified atom stereocenters. The number of allylic oxidation sites excluding steroid dienone is 4. The van der Waals surface area contributed by atoms with Gasteiger partial charge >= 0.3 is 5.97 Å². The number of hydrogen-bond donors (Lipinski definition) is 1. The van der Waals surface area contributed by atoms with Gasteiger partial charge in [0.1, 0.15) is 0 Å². The molecule has 0 saturated heterocycles. The van der Waals surface area contributed by atoms with Gasteiger partial charge in [-0.15, -0.1) is 0 Å². The lowest BCUT2D eigenvalue weighted by atomic mass is 10.1. The molecule has 3 nitrogen and oxygen atoms in total. The molecule has 22 heavy (non-hydrogen) atoms. The van der Waals surface area contributed by atoms with Crippen LogP contribution in [0, 0.1) is 23.7 Å².